The molecule has 6 nitrogen and oxygen atoms in total. The fraction of sp³-hybridized carbons (Fsp3) is 0.0800. The molecule has 0 aliphatic rings. The van der Waals surface area contributed by atoms with E-state index in [1.165, 1.54) is 17.0 Å². The zero-order valence-corrected chi connectivity index (χ0v) is 19.0. The third-order valence-corrected chi connectivity index (χ3v) is 5.50. The number of anilines is 1. The monoisotopic (exact) mass is 479 g/mol. The Morgan fingerprint density at radius 1 is 1.00 bits per heavy atom. The standard InChI is InChI=1S/C25H19Cl2N3O3/c1-15-13-28-25(27)29-23(15)17-5-7-19(8-6-17)30(14-16-3-2-4-18(26)11-16)24(33)21-10-9-20(31)12-22(21)32/h2-13,31-32H,14H2,1H3. The number of phenols is 2. The van der Waals surface area contributed by atoms with Crippen molar-refractivity contribution in [3.05, 3.63) is 99.9 Å². The molecule has 1 heterocycles. The first-order valence-electron chi connectivity index (χ1n) is 9.99. The Labute approximate surface area is 200 Å². The Kier molecular flexibility index (Phi) is 6.49. The van der Waals surface area contributed by atoms with Gasteiger partial charge in [-0.05, 0) is 66.0 Å². The molecule has 1 aromatic heterocycles. The molecule has 4 rings (SSSR count). The number of nitrogens with zero attached hydrogens (tertiary/aromatic N) is 3. The van der Waals surface area contributed by atoms with Crippen molar-refractivity contribution in [1.29, 1.82) is 0 Å². The van der Waals surface area contributed by atoms with Gasteiger partial charge in [-0.2, -0.15) is 0 Å². The smallest absolute Gasteiger partial charge is 0.262 e. The third-order valence-electron chi connectivity index (χ3n) is 5.08. The van der Waals surface area contributed by atoms with Crippen LogP contribution in [0, 0.1) is 6.92 Å². The fourth-order valence-corrected chi connectivity index (χ4v) is 3.80. The van der Waals surface area contributed by atoms with E-state index >= 15 is 0 Å². The molecule has 0 fully saturated rings. The van der Waals surface area contributed by atoms with E-state index in [1.807, 2.05) is 31.2 Å². The zero-order chi connectivity index (χ0) is 23.5. The summed E-state index contributed by atoms with van der Waals surface area (Å²) in [4.78, 5) is 23.2. The fourth-order valence-electron chi connectivity index (χ4n) is 3.46. The molecule has 4 aromatic rings. The van der Waals surface area contributed by atoms with Gasteiger partial charge >= 0.3 is 0 Å². The molecule has 0 aliphatic heterocycles. The molecule has 0 bridgehead atoms. The van der Waals surface area contributed by atoms with Gasteiger partial charge in [0.1, 0.15) is 11.5 Å². The van der Waals surface area contributed by atoms with Gasteiger partial charge < -0.3 is 15.1 Å². The minimum absolute atomic E-state index is 0.0670. The number of aryl methyl sites for hydroxylation is 1. The summed E-state index contributed by atoms with van der Waals surface area (Å²) in [6.45, 7) is 2.11. The van der Waals surface area contributed by atoms with Crippen LogP contribution in [0.4, 0.5) is 5.69 Å². The summed E-state index contributed by atoms with van der Waals surface area (Å²) < 4.78 is 0. The number of hydrogen-bond donors (Lipinski definition) is 2. The first kappa shape index (κ1) is 22.6. The Balaban J connectivity index is 1.73. The third kappa shape index (κ3) is 5.08. The number of hydrogen-bond acceptors (Lipinski definition) is 5. The average molecular weight is 480 g/mol. The van der Waals surface area contributed by atoms with Gasteiger partial charge in [-0.25, -0.2) is 9.97 Å². The van der Waals surface area contributed by atoms with Crippen molar-refractivity contribution in [1.82, 2.24) is 9.97 Å². The molecule has 0 unspecified atom stereocenters. The molecular weight excluding hydrogens is 461 g/mol. The molecule has 0 spiro atoms. The van der Waals surface area contributed by atoms with E-state index in [4.69, 9.17) is 23.2 Å². The second-order valence-electron chi connectivity index (χ2n) is 7.44. The molecule has 1 amide bonds. The van der Waals surface area contributed by atoms with E-state index < -0.39 is 5.91 Å². The molecule has 0 atom stereocenters. The number of phenolic OH excluding ortho intramolecular Hbond substituents is 2. The molecule has 8 heteroatoms. The highest BCUT2D eigenvalue weighted by Gasteiger charge is 2.22. The highest BCUT2D eigenvalue weighted by atomic mass is 35.5. The maximum absolute atomic E-state index is 13.4. The van der Waals surface area contributed by atoms with Gasteiger partial charge in [0.05, 0.1) is 17.8 Å². The highest BCUT2D eigenvalue weighted by Crippen LogP contribution is 2.30. The van der Waals surface area contributed by atoms with Crippen LogP contribution in [0.5, 0.6) is 11.5 Å². The van der Waals surface area contributed by atoms with Gasteiger partial charge in [-0.3, -0.25) is 4.79 Å². The molecule has 33 heavy (non-hydrogen) atoms. The molecule has 0 saturated carbocycles. The topological polar surface area (TPSA) is 86.6 Å². The van der Waals surface area contributed by atoms with Gasteiger partial charge in [0.25, 0.3) is 5.91 Å². The summed E-state index contributed by atoms with van der Waals surface area (Å²) in [5.74, 6) is -0.867. The second kappa shape index (κ2) is 9.48. The van der Waals surface area contributed by atoms with Crippen LogP contribution in [-0.4, -0.2) is 26.1 Å². The van der Waals surface area contributed by atoms with Crippen molar-refractivity contribution < 1.29 is 15.0 Å². The van der Waals surface area contributed by atoms with Gasteiger partial charge in [0, 0.05) is 28.5 Å². The normalized spacial score (nSPS) is 10.8. The number of benzene rings is 3. The quantitative estimate of drug-likeness (QED) is 0.342. The molecule has 0 aliphatic carbocycles. The second-order valence-corrected chi connectivity index (χ2v) is 8.21. The summed E-state index contributed by atoms with van der Waals surface area (Å²) in [7, 11) is 0. The van der Waals surface area contributed by atoms with E-state index in [1.54, 1.807) is 30.5 Å². The van der Waals surface area contributed by atoms with Crippen LogP contribution in [-0.2, 0) is 6.54 Å². The number of rotatable bonds is 5. The minimum Gasteiger partial charge on any atom is -0.508 e. The zero-order valence-electron chi connectivity index (χ0n) is 17.5. The number of carbonyl (C=O) groups excluding carboxylic acids is 1. The first-order chi connectivity index (χ1) is 15.8. The number of halogens is 2. The predicted molar refractivity (Wildman–Crippen MR) is 129 cm³/mol. The van der Waals surface area contributed by atoms with Crippen LogP contribution in [0.1, 0.15) is 21.5 Å². The summed E-state index contributed by atoms with van der Waals surface area (Å²) in [5.41, 5.74) is 3.88. The van der Waals surface area contributed by atoms with E-state index in [9.17, 15) is 15.0 Å². The summed E-state index contributed by atoms with van der Waals surface area (Å²) in [5, 5.41) is 20.6. The molecule has 0 saturated heterocycles. The van der Waals surface area contributed by atoms with E-state index in [0.29, 0.717) is 16.4 Å². The molecular formula is C25H19Cl2N3O3. The number of aromatic nitrogens is 2. The molecule has 2 N–H and O–H groups in total. The van der Waals surface area contributed by atoms with Crippen molar-refractivity contribution in [2.75, 3.05) is 4.90 Å². The van der Waals surface area contributed by atoms with Crippen LogP contribution >= 0.6 is 23.2 Å². The van der Waals surface area contributed by atoms with E-state index in [2.05, 4.69) is 9.97 Å². The maximum atomic E-state index is 13.4. The van der Waals surface area contributed by atoms with Crippen molar-refractivity contribution in [2.45, 2.75) is 13.5 Å². The summed E-state index contributed by atoms with van der Waals surface area (Å²) >= 11 is 12.1. The van der Waals surface area contributed by atoms with Crippen LogP contribution in [0.2, 0.25) is 10.3 Å². The molecule has 3 aromatic carbocycles. The van der Waals surface area contributed by atoms with Gasteiger partial charge in [0.2, 0.25) is 5.28 Å². The lowest BCUT2D eigenvalue weighted by molar-refractivity contribution is 0.0982. The lowest BCUT2D eigenvalue weighted by atomic mass is 10.1. The van der Waals surface area contributed by atoms with Crippen LogP contribution in [0.3, 0.4) is 0 Å². The molecule has 166 valence electrons. The summed E-state index contributed by atoms with van der Waals surface area (Å²) in [6.07, 6.45) is 1.65. The van der Waals surface area contributed by atoms with E-state index in [-0.39, 0.29) is 28.9 Å². The first-order valence-corrected chi connectivity index (χ1v) is 10.8. The van der Waals surface area contributed by atoms with Crippen LogP contribution in [0.25, 0.3) is 11.3 Å². The largest absolute Gasteiger partial charge is 0.508 e. The SMILES string of the molecule is Cc1cnc(Cl)nc1-c1ccc(N(Cc2cccc(Cl)c2)C(=O)c2ccc(O)cc2O)cc1. The van der Waals surface area contributed by atoms with Crippen molar-refractivity contribution in [3.8, 4) is 22.8 Å². The van der Waals surface area contributed by atoms with Gasteiger partial charge in [0.15, 0.2) is 0 Å². The summed E-state index contributed by atoms with van der Waals surface area (Å²) in [6, 6.07) is 18.4. The number of amides is 1. The van der Waals surface area contributed by atoms with Crippen molar-refractivity contribution in [3.63, 3.8) is 0 Å². The maximum Gasteiger partial charge on any atom is 0.262 e. The lowest BCUT2D eigenvalue weighted by Crippen LogP contribution is -2.30. The highest BCUT2D eigenvalue weighted by molar-refractivity contribution is 6.30. The average Bonchev–Trinajstić information content (AvgIpc) is 2.79. The number of carbonyl (C=O) groups is 1. The Morgan fingerprint density at radius 2 is 1.76 bits per heavy atom. The van der Waals surface area contributed by atoms with E-state index in [0.717, 1.165) is 22.8 Å². The number of aromatic hydroxyl groups is 2. The Hall–Kier alpha value is -3.61. The van der Waals surface area contributed by atoms with Crippen molar-refractivity contribution in [2.24, 2.45) is 0 Å². The molecule has 0 radical (unpaired) electrons. The minimum atomic E-state index is -0.429. The Bertz CT molecular complexity index is 1330. The van der Waals surface area contributed by atoms with Crippen LogP contribution in [0.15, 0.2) is 72.9 Å². The lowest BCUT2D eigenvalue weighted by Gasteiger charge is -2.24. The van der Waals surface area contributed by atoms with Crippen molar-refractivity contribution >= 4 is 34.8 Å². The van der Waals surface area contributed by atoms with Crippen LogP contribution < -0.4 is 4.90 Å². The van der Waals surface area contributed by atoms with Gasteiger partial charge in [-0.15, -0.1) is 0 Å². The predicted octanol–water partition coefficient (Wildman–Crippen LogP) is 6.02. The van der Waals surface area contributed by atoms with Gasteiger partial charge in [-0.1, -0.05) is 35.9 Å². The Morgan fingerprint density at radius 3 is 2.45 bits per heavy atom.